The zero-order valence-corrected chi connectivity index (χ0v) is 15.2. The van der Waals surface area contributed by atoms with Gasteiger partial charge in [0.15, 0.2) is 5.13 Å². The Morgan fingerprint density at radius 2 is 1.85 bits per heavy atom. The minimum absolute atomic E-state index is 0.132. The number of aromatic nitrogens is 1. The van der Waals surface area contributed by atoms with Crippen molar-refractivity contribution in [3.8, 4) is 0 Å². The van der Waals surface area contributed by atoms with Gasteiger partial charge in [-0.05, 0) is 35.4 Å². The van der Waals surface area contributed by atoms with E-state index in [1.165, 1.54) is 22.5 Å². The fourth-order valence-corrected chi connectivity index (χ4v) is 3.81. The van der Waals surface area contributed by atoms with Crippen molar-refractivity contribution in [2.45, 2.75) is 13.3 Å². The van der Waals surface area contributed by atoms with Gasteiger partial charge in [0.2, 0.25) is 0 Å². The SMILES string of the molecule is Cc1cccc(Cc2cnc(NC(=O)c3ccc4ccccc4c3)s2)c1. The summed E-state index contributed by atoms with van der Waals surface area (Å²) in [7, 11) is 0. The normalized spacial score (nSPS) is 10.8. The topological polar surface area (TPSA) is 42.0 Å². The van der Waals surface area contributed by atoms with Crippen LogP contribution in [-0.4, -0.2) is 10.9 Å². The standard InChI is InChI=1S/C22H18N2OS/c1-15-5-4-6-16(11-15)12-20-14-23-22(26-20)24-21(25)19-10-9-17-7-2-3-8-18(17)13-19/h2-11,13-14H,12H2,1H3,(H,23,24,25). The molecule has 0 aliphatic rings. The summed E-state index contributed by atoms with van der Waals surface area (Å²) in [6.07, 6.45) is 2.66. The van der Waals surface area contributed by atoms with Crippen LogP contribution in [0, 0.1) is 6.92 Å². The second kappa shape index (κ2) is 7.10. The predicted molar refractivity (Wildman–Crippen MR) is 108 cm³/mol. The summed E-state index contributed by atoms with van der Waals surface area (Å²) >= 11 is 1.52. The Bertz CT molecular complexity index is 1080. The maximum absolute atomic E-state index is 12.5. The van der Waals surface area contributed by atoms with Crippen molar-refractivity contribution >= 4 is 33.1 Å². The highest BCUT2D eigenvalue weighted by atomic mass is 32.1. The highest BCUT2D eigenvalue weighted by Gasteiger charge is 2.10. The van der Waals surface area contributed by atoms with Crippen LogP contribution in [0.2, 0.25) is 0 Å². The number of hydrogen-bond donors (Lipinski definition) is 1. The first-order valence-corrected chi connectivity index (χ1v) is 9.29. The predicted octanol–water partition coefficient (Wildman–Crippen LogP) is 5.45. The Labute approximate surface area is 156 Å². The van der Waals surface area contributed by atoms with E-state index >= 15 is 0 Å². The third-order valence-electron chi connectivity index (χ3n) is 4.25. The molecular weight excluding hydrogens is 340 g/mol. The number of nitrogens with zero attached hydrogens (tertiary/aromatic N) is 1. The number of benzene rings is 3. The van der Waals surface area contributed by atoms with E-state index in [0.29, 0.717) is 10.7 Å². The molecule has 0 aliphatic heterocycles. The molecule has 0 aliphatic carbocycles. The lowest BCUT2D eigenvalue weighted by Gasteiger charge is -2.04. The Morgan fingerprint density at radius 3 is 2.69 bits per heavy atom. The van der Waals surface area contributed by atoms with E-state index in [-0.39, 0.29) is 5.91 Å². The third-order valence-corrected chi connectivity index (χ3v) is 5.16. The number of rotatable bonds is 4. The summed E-state index contributed by atoms with van der Waals surface area (Å²) in [6.45, 7) is 2.09. The van der Waals surface area contributed by atoms with Gasteiger partial charge in [-0.1, -0.05) is 60.2 Å². The van der Waals surface area contributed by atoms with Crippen LogP contribution in [-0.2, 0) is 6.42 Å². The van der Waals surface area contributed by atoms with Gasteiger partial charge in [0.05, 0.1) is 0 Å². The largest absolute Gasteiger partial charge is 0.298 e. The number of anilines is 1. The Kier molecular flexibility index (Phi) is 4.50. The summed E-state index contributed by atoms with van der Waals surface area (Å²) in [5, 5.41) is 5.72. The first-order valence-electron chi connectivity index (χ1n) is 8.48. The van der Waals surface area contributed by atoms with Crippen LogP contribution in [0.3, 0.4) is 0 Å². The molecule has 0 unspecified atom stereocenters. The van der Waals surface area contributed by atoms with Crippen molar-refractivity contribution in [2.24, 2.45) is 0 Å². The summed E-state index contributed by atoms with van der Waals surface area (Å²) in [4.78, 5) is 18.0. The quantitative estimate of drug-likeness (QED) is 0.527. The van der Waals surface area contributed by atoms with E-state index in [0.717, 1.165) is 22.1 Å². The van der Waals surface area contributed by atoms with Gasteiger partial charge in [-0.25, -0.2) is 4.98 Å². The summed E-state index contributed by atoms with van der Waals surface area (Å²) < 4.78 is 0. The number of thiazole rings is 1. The van der Waals surface area contributed by atoms with E-state index < -0.39 is 0 Å². The van der Waals surface area contributed by atoms with Crippen LogP contribution in [0.1, 0.15) is 26.4 Å². The number of nitrogens with one attached hydrogen (secondary N) is 1. The van der Waals surface area contributed by atoms with Crippen molar-refractivity contribution in [1.82, 2.24) is 4.98 Å². The molecule has 26 heavy (non-hydrogen) atoms. The molecule has 1 amide bonds. The van der Waals surface area contributed by atoms with Gasteiger partial charge in [0, 0.05) is 23.1 Å². The van der Waals surface area contributed by atoms with Crippen LogP contribution in [0.15, 0.2) is 72.9 Å². The molecule has 1 heterocycles. The molecule has 0 saturated carbocycles. The van der Waals surface area contributed by atoms with Gasteiger partial charge in [0.25, 0.3) is 5.91 Å². The Hall–Kier alpha value is -2.98. The molecule has 0 bridgehead atoms. The average molecular weight is 358 g/mol. The van der Waals surface area contributed by atoms with Crippen LogP contribution < -0.4 is 5.32 Å². The van der Waals surface area contributed by atoms with Crippen LogP contribution in [0.4, 0.5) is 5.13 Å². The van der Waals surface area contributed by atoms with Gasteiger partial charge in [-0.15, -0.1) is 11.3 Å². The van der Waals surface area contributed by atoms with E-state index in [1.807, 2.05) is 48.7 Å². The average Bonchev–Trinajstić information content (AvgIpc) is 3.08. The second-order valence-corrected chi connectivity index (χ2v) is 7.43. The third kappa shape index (κ3) is 3.65. The fraction of sp³-hybridized carbons (Fsp3) is 0.0909. The van der Waals surface area contributed by atoms with Crippen molar-refractivity contribution in [3.05, 3.63) is 94.5 Å². The molecule has 4 rings (SSSR count). The highest BCUT2D eigenvalue weighted by Crippen LogP contribution is 2.23. The number of fused-ring (bicyclic) bond motifs is 1. The second-order valence-electron chi connectivity index (χ2n) is 6.31. The molecule has 1 aromatic heterocycles. The number of carbonyl (C=O) groups is 1. The first kappa shape index (κ1) is 16.5. The molecule has 0 saturated heterocycles. The maximum Gasteiger partial charge on any atom is 0.257 e. The molecule has 0 radical (unpaired) electrons. The van der Waals surface area contributed by atoms with E-state index in [9.17, 15) is 4.79 Å². The zero-order chi connectivity index (χ0) is 17.9. The van der Waals surface area contributed by atoms with Crippen molar-refractivity contribution in [1.29, 1.82) is 0 Å². The van der Waals surface area contributed by atoms with Gasteiger partial charge in [-0.3, -0.25) is 10.1 Å². The van der Waals surface area contributed by atoms with E-state index in [1.54, 1.807) is 0 Å². The molecule has 4 heteroatoms. The van der Waals surface area contributed by atoms with Crippen molar-refractivity contribution in [2.75, 3.05) is 5.32 Å². The van der Waals surface area contributed by atoms with Crippen LogP contribution in [0.5, 0.6) is 0 Å². The smallest absolute Gasteiger partial charge is 0.257 e. The Balaban J connectivity index is 1.48. The maximum atomic E-state index is 12.5. The van der Waals surface area contributed by atoms with E-state index in [2.05, 4.69) is 41.5 Å². The lowest BCUT2D eigenvalue weighted by atomic mass is 10.1. The highest BCUT2D eigenvalue weighted by molar-refractivity contribution is 7.15. The summed E-state index contributed by atoms with van der Waals surface area (Å²) in [5.41, 5.74) is 3.14. The van der Waals surface area contributed by atoms with Gasteiger partial charge in [-0.2, -0.15) is 0 Å². The number of hydrogen-bond acceptors (Lipinski definition) is 3. The van der Waals surface area contributed by atoms with Gasteiger partial charge >= 0.3 is 0 Å². The molecule has 4 aromatic rings. The minimum atomic E-state index is -0.132. The van der Waals surface area contributed by atoms with E-state index in [4.69, 9.17) is 0 Å². The molecule has 128 valence electrons. The monoisotopic (exact) mass is 358 g/mol. The fourth-order valence-electron chi connectivity index (χ4n) is 2.97. The van der Waals surface area contributed by atoms with Crippen molar-refractivity contribution < 1.29 is 4.79 Å². The molecule has 0 spiro atoms. The zero-order valence-electron chi connectivity index (χ0n) is 14.4. The summed E-state index contributed by atoms with van der Waals surface area (Å²) in [6, 6.07) is 22.2. The van der Waals surface area contributed by atoms with Crippen LogP contribution in [0.25, 0.3) is 10.8 Å². The van der Waals surface area contributed by atoms with Crippen molar-refractivity contribution in [3.63, 3.8) is 0 Å². The Morgan fingerprint density at radius 1 is 1.00 bits per heavy atom. The molecule has 3 nitrogen and oxygen atoms in total. The number of carbonyl (C=O) groups excluding carboxylic acids is 1. The minimum Gasteiger partial charge on any atom is -0.298 e. The van der Waals surface area contributed by atoms with Crippen LogP contribution >= 0.6 is 11.3 Å². The molecule has 1 N–H and O–H groups in total. The molecule has 0 fully saturated rings. The number of aryl methyl sites for hydroxylation is 1. The molecule has 3 aromatic carbocycles. The molecular formula is C22H18N2OS. The lowest BCUT2D eigenvalue weighted by molar-refractivity contribution is 0.102. The number of amides is 1. The molecule has 0 atom stereocenters. The van der Waals surface area contributed by atoms with Gasteiger partial charge < -0.3 is 0 Å². The summed E-state index contributed by atoms with van der Waals surface area (Å²) in [5.74, 6) is -0.132. The lowest BCUT2D eigenvalue weighted by Crippen LogP contribution is -2.11. The first-order chi connectivity index (χ1) is 12.7. The van der Waals surface area contributed by atoms with Gasteiger partial charge in [0.1, 0.15) is 0 Å².